The van der Waals surface area contributed by atoms with E-state index in [0.29, 0.717) is 40.5 Å². The van der Waals surface area contributed by atoms with Gasteiger partial charge in [0.1, 0.15) is 0 Å². The highest BCUT2D eigenvalue weighted by atomic mass is 16.6. The van der Waals surface area contributed by atoms with Gasteiger partial charge in [0.2, 0.25) is 0 Å². The molecule has 0 saturated carbocycles. The SMILES string of the molecule is C/N=C(\C)c1cccc(-c2nc(-c3ccccc3)nc(-c3ccccc3-c3ccc4c(c3)Oc3cc5c(cc3O4)-c3ccccc3C5(c3ccccc3)c3ccccc3)n2)c1. The molecule has 1 aliphatic heterocycles. The van der Waals surface area contributed by atoms with Gasteiger partial charge in [-0.1, -0.05) is 164 Å². The number of hydrogen-bond acceptors (Lipinski definition) is 6. The number of rotatable bonds is 7. The van der Waals surface area contributed by atoms with E-state index < -0.39 is 5.41 Å². The summed E-state index contributed by atoms with van der Waals surface area (Å²) < 4.78 is 13.6. The van der Waals surface area contributed by atoms with Crippen molar-refractivity contribution >= 4 is 5.71 Å². The number of hydrogen-bond donors (Lipinski definition) is 0. The molecule has 0 bridgehead atoms. The van der Waals surface area contributed by atoms with Crippen molar-refractivity contribution in [3.8, 4) is 79.4 Å². The van der Waals surface area contributed by atoms with Crippen LogP contribution in [0.4, 0.5) is 0 Å². The molecule has 61 heavy (non-hydrogen) atoms. The minimum Gasteiger partial charge on any atom is -0.449 e. The van der Waals surface area contributed by atoms with Gasteiger partial charge < -0.3 is 9.47 Å². The van der Waals surface area contributed by atoms with Crippen molar-refractivity contribution in [2.45, 2.75) is 12.3 Å². The highest BCUT2D eigenvalue weighted by molar-refractivity contribution is 5.99. The zero-order valence-corrected chi connectivity index (χ0v) is 33.6. The first-order valence-corrected chi connectivity index (χ1v) is 20.4. The monoisotopic (exact) mass is 786 g/mol. The molecule has 0 radical (unpaired) electrons. The van der Waals surface area contributed by atoms with Gasteiger partial charge in [-0.3, -0.25) is 4.99 Å². The Bertz CT molecular complexity index is 3120. The van der Waals surface area contributed by atoms with Gasteiger partial charge in [-0.15, -0.1) is 0 Å². The average molecular weight is 787 g/mol. The molecule has 8 aromatic carbocycles. The fraction of sp³-hybridized carbons (Fsp3) is 0.0545. The Morgan fingerprint density at radius 3 is 1.69 bits per heavy atom. The minimum atomic E-state index is -0.556. The van der Waals surface area contributed by atoms with Crippen LogP contribution < -0.4 is 9.47 Å². The Morgan fingerprint density at radius 1 is 0.410 bits per heavy atom. The average Bonchev–Trinajstić information content (AvgIpc) is 3.62. The maximum absolute atomic E-state index is 6.89. The summed E-state index contributed by atoms with van der Waals surface area (Å²) in [6.07, 6.45) is 0. The van der Waals surface area contributed by atoms with Crippen LogP contribution in [0, 0.1) is 0 Å². The van der Waals surface area contributed by atoms with Crippen molar-refractivity contribution < 1.29 is 9.47 Å². The molecule has 1 aliphatic carbocycles. The Hall–Kier alpha value is -7.96. The third-order valence-electron chi connectivity index (χ3n) is 11.9. The van der Waals surface area contributed by atoms with Crippen LogP contribution in [0.2, 0.25) is 0 Å². The maximum atomic E-state index is 6.89. The van der Waals surface area contributed by atoms with E-state index in [1.807, 2.05) is 67.6 Å². The Morgan fingerprint density at radius 2 is 0.967 bits per heavy atom. The molecule has 0 N–H and O–H groups in total. The molecular formula is C55H38N4O2. The number of ether oxygens (including phenoxy) is 2. The molecule has 9 aromatic rings. The van der Waals surface area contributed by atoms with Crippen LogP contribution in [-0.2, 0) is 5.41 Å². The Labute approximate surface area is 354 Å². The molecule has 0 spiro atoms. The molecule has 0 fully saturated rings. The molecule has 0 atom stereocenters. The number of aliphatic imine (C=N–C) groups is 1. The third-order valence-corrected chi connectivity index (χ3v) is 11.9. The summed E-state index contributed by atoms with van der Waals surface area (Å²) in [6.45, 7) is 2.00. The number of aromatic nitrogens is 3. The van der Waals surface area contributed by atoms with E-state index in [1.165, 1.54) is 22.3 Å². The van der Waals surface area contributed by atoms with Crippen molar-refractivity contribution in [2.75, 3.05) is 7.05 Å². The van der Waals surface area contributed by atoms with Crippen LogP contribution in [0.5, 0.6) is 23.0 Å². The van der Waals surface area contributed by atoms with Crippen LogP contribution in [0.15, 0.2) is 199 Å². The lowest BCUT2D eigenvalue weighted by Gasteiger charge is -2.34. The van der Waals surface area contributed by atoms with E-state index in [4.69, 9.17) is 24.4 Å². The summed E-state index contributed by atoms with van der Waals surface area (Å²) in [7, 11) is 1.80. The second kappa shape index (κ2) is 14.7. The topological polar surface area (TPSA) is 69.5 Å². The van der Waals surface area contributed by atoms with Crippen LogP contribution in [0.25, 0.3) is 56.4 Å². The van der Waals surface area contributed by atoms with E-state index in [-0.39, 0.29) is 0 Å². The van der Waals surface area contributed by atoms with Crippen LogP contribution in [0.3, 0.4) is 0 Å². The van der Waals surface area contributed by atoms with Crippen molar-refractivity contribution in [1.82, 2.24) is 15.0 Å². The maximum Gasteiger partial charge on any atom is 0.170 e. The van der Waals surface area contributed by atoms with E-state index in [0.717, 1.165) is 50.2 Å². The van der Waals surface area contributed by atoms with E-state index in [1.54, 1.807) is 7.05 Å². The van der Waals surface area contributed by atoms with Crippen molar-refractivity contribution in [2.24, 2.45) is 4.99 Å². The van der Waals surface area contributed by atoms with Gasteiger partial charge in [0.05, 0.1) is 5.41 Å². The van der Waals surface area contributed by atoms with E-state index in [2.05, 4.69) is 138 Å². The molecule has 0 saturated heterocycles. The predicted molar refractivity (Wildman–Crippen MR) is 244 cm³/mol. The van der Waals surface area contributed by atoms with Gasteiger partial charge >= 0.3 is 0 Å². The fourth-order valence-electron chi connectivity index (χ4n) is 8.97. The zero-order chi connectivity index (χ0) is 40.9. The van der Waals surface area contributed by atoms with Gasteiger partial charge in [0.25, 0.3) is 0 Å². The molecule has 6 nitrogen and oxygen atoms in total. The summed E-state index contributed by atoms with van der Waals surface area (Å²) in [5, 5.41) is 0. The minimum absolute atomic E-state index is 0.556. The molecular weight excluding hydrogens is 749 g/mol. The lowest BCUT2D eigenvalue weighted by Crippen LogP contribution is -2.28. The molecule has 1 aromatic heterocycles. The predicted octanol–water partition coefficient (Wildman–Crippen LogP) is 13.2. The molecule has 11 rings (SSSR count). The van der Waals surface area contributed by atoms with Crippen molar-refractivity contribution in [1.29, 1.82) is 0 Å². The molecule has 290 valence electrons. The Kier molecular flexibility index (Phi) is 8.71. The van der Waals surface area contributed by atoms with Gasteiger partial charge in [0, 0.05) is 29.4 Å². The lowest BCUT2D eigenvalue weighted by atomic mass is 9.67. The van der Waals surface area contributed by atoms with Crippen LogP contribution in [-0.4, -0.2) is 27.7 Å². The van der Waals surface area contributed by atoms with Crippen molar-refractivity contribution in [3.05, 3.63) is 222 Å². The second-order valence-corrected chi connectivity index (χ2v) is 15.3. The molecule has 2 heterocycles. The number of fused-ring (bicyclic) bond motifs is 5. The van der Waals surface area contributed by atoms with Crippen LogP contribution >= 0.6 is 0 Å². The summed E-state index contributed by atoms with van der Waals surface area (Å²) in [5.41, 5.74) is 13.0. The molecule has 0 unspecified atom stereocenters. The highest BCUT2D eigenvalue weighted by Gasteiger charge is 2.47. The number of nitrogens with zero attached hydrogens (tertiary/aromatic N) is 4. The number of benzene rings is 8. The van der Waals surface area contributed by atoms with Gasteiger partial charge in [-0.2, -0.15) is 0 Å². The summed E-state index contributed by atoms with van der Waals surface area (Å²) in [4.78, 5) is 19.6. The first-order valence-electron chi connectivity index (χ1n) is 20.4. The normalized spacial score (nSPS) is 13.2. The highest BCUT2D eigenvalue weighted by Crippen LogP contribution is 2.60. The second-order valence-electron chi connectivity index (χ2n) is 15.3. The largest absolute Gasteiger partial charge is 0.449 e. The van der Waals surface area contributed by atoms with Gasteiger partial charge in [-0.25, -0.2) is 15.0 Å². The summed E-state index contributed by atoms with van der Waals surface area (Å²) >= 11 is 0. The fourth-order valence-corrected chi connectivity index (χ4v) is 8.97. The Balaban J connectivity index is 1.02. The smallest absolute Gasteiger partial charge is 0.170 e. The standard InChI is InChI=1S/C55H38N4O2/c1-35(56-2)37-19-16-20-39(31-37)53-57-52(36-17-6-3-7-18-36)58-54(59-53)44-27-13-12-25-42(44)38-29-30-48-49(32-38)61-51-34-47-45(33-50(51)60-48)43-26-14-15-28-46(43)55(47,40-21-8-4-9-22-40)41-23-10-5-11-24-41/h3-34H,1-2H3/b56-35+. The summed E-state index contributed by atoms with van der Waals surface area (Å²) in [5.74, 6) is 4.38. The lowest BCUT2D eigenvalue weighted by molar-refractivity contribution is 0.359. The summed E-state index contributed by atoms with van der Waals surface area (Å²) in [6, 6.07) is 67.1. The quantitative estimate of drug-likeness (QED) is 0.151. The molecule has 6 heteroatoms. The van der Waals surface area contributed by atoms with Crippen LogP contribution in [0.1, 0.15) is 34.7 Å². The molecule has 2 aliphatic rings. The van der Waals surface area contributed by atoms with Gasteiger partial charge in [-0.05, 0) is 87.3 Å². The van der Waals surface area contributed by atoms with Crippen molar-refractivity contribution in [3.63, 3.8) is 0 Å². The first kappa shape index (κ1) is 36.1. The van der Waals surface area contributed by atoms with E-state index in [9.17, 15) is 0 Å². The first-order chi connectivity index (χ1) is 30.1. The van der Waals surface area contributed by atoms with E-state index >= 15 is 0 Å². The zero-order valence-electron chi connectivity index (χ0n) is 33.6. The van der Waals surface area contributed by atoms with Gasteiger partial charge in [0.15, 0.2) is 40.5 Å². The molecule has 0 amide bonds. The third kappa shape index (κ3) is 6.03.